The predicted octanol–water partition coefficient (Wildman–Crippen LogP) is 0.540. The number of rotatable bonds is 7. The van der Waals surface area contributed by atoms with E-state index in [1.54, 1.807) is 13.8 Å². The summed E-state index contributed by atoms with van der Waals surface area (Å²) in [6, 6.07) is -0.427. The second kappa shape index (κ2) is 9.94. The van der Waals surface area contributed by atoms with Gasteiger partial charge in [-0.2, -0.15) is 19.9 Å². The fourth-order valence-corrected chi connectivity index (χ4v) is 3.14. The van der Waals surface area contributed by atoms with Crippen LogP contribution in [0.1, 0.15) is 39.1 Å². The number of halogens is 1. The van der Waals surface area contributed by atoms with E-state index in [-0.39, 0.29) is 29.7 Å². The average molecular weight is 443 g/mol. The molecule has 0 bridgehead atoms. The number of allylic oxidation sites excluding steroid dienone is 1. The lowest BCUT2D eigenvalue weighted by atomic mass is 10.3. The Morgan fingerprint density at radius 2 is 2.00 bits per heavy atom. The molecule has 1 aliphatic heterocycles. The molecule has 2 aromatic rings. The van der Waals surface area contributed by atoms with Crippen molar-refractivity contribution >= 4 is 29.6 Å². The third kappa shape index (κ3) is 6.30. The summed E-state index contributed by atoms with van der Waals surface area (Å²) >= 11 is 0. The van der Waals surface area contributed by atoms with Crippen LogP contribution in [-0.2, 0) is 4.79 Å². The Balaban J connectivity index is 1.89. The standard InChI is InChI=1S/C19H26FN11O/c1-10(21)6-15(22)27-18-28-17(25-11(2)16-23-7-13(20)8-24-16)29-19(30-18)31-5-4-14(9-31)26-12(3)32/h6-8,11,14H,4-5,9,21H2,1-3H3,(H,26,32)(H3,22,25,27,28,29,30)/b10-6-. The van der Waals surface area contributed by atoms with Crippen LogP contribution in [0.15, 0.2) is 29.2 Å². The summed E-state index contributed by atoms with van der Waals surface area (Å²) in [4.78, 5) is 38.6. The van der Waals surface area contributed by atoms with E-state index < -0.39 is 11.9 Å². The molecule has 0 spiro atoms. The lowest BCUT2D eigenvalue weighted by molar-refractivity contribution is -0.119. The van der Waals surface area contributed by atoms with Crippen LogP contribution in [0.5, 0.6) is 0 Å². The molecule has 3 rings (SSSR count). The number of aliphatic imine (C=N–C) groups is 1. The van der Waals surface area contributed by atoms with Crippen LogP contribution >= 0.6 is 0 Å². The first-order chi connectivity index (χ1) is 15.2. The first-order valence-corrected chi connectivity index (χ1v) is 9.99. The second-order valence-corrected chi connectivity index (χ2v) is 7.44. The Morgan fingerprint density at radius 3 is 2.66 bits per heavy atom. The average Bonchev–Trinajstić information content (AvgIpc) is 3.15. The zero-order valence-corrected chi connectivity index (χ0v) is 18.1. The lowest BCUT2D eigenvalue weighted by Crippen LogP contribution is -2.36. The number of amides is 1. The number of aromatic nitrogens is 5. The monoisotopic (exact) mass is 443 g/mol. The minimum absolute atomic E-state index is 0.00735. The summed E-state index contributed by atoms with van der Waals surface area (Å²) in [5.74, 6) is 0.572. The van der Waals surface area contributed by atoms with Gasteiger partial charge < -0.3 is 27.0 Å². The van der Waals surface area contributed by atoms with Crippen molar-refractivity contribution in [1.29, 1.82) is 0 Å². The Kier molecular flexibility index (Phi) is 7.07. The van der Waals surface area contributed by atoms with Crippen molar-refractivity contribution in [2.24, 2.45) is 16.5 Å². The van der Waals surface area contributed by atoms with Crippen LogP contribution in [0.4, 0.5) is 22.2 Å². The lowest BCUT2D eigenvalue weighted by Gasteiger charge is -2.18. The van der Waals surface area contributed by atoms with Crippen molar-refractivity contribution in [3.8, 4) is 0 Å². The van der Waals surface area contributed by atoms with E-state index in [4.69, 9.17) is 11.5 Å². The molecule has 1 fully saturated rings. The Bertz CT molecular complexity index is 1020. The van der Waals surface area contributed by atoms with Crippen molar-refractivity contribution < 1.29 is 9.18 Å². The molecule has 0 radical (unpaired) electrons. The molecule has 12 nitrogen and oxygen atoms in total. The molecular weight excluding hydrogens is 417 g/mol. The van der Waals surface area contributed by atoms with E-state index in [1.807, 2.05) is 4.90 Å². The van der Waals surface area contributed by atoms with Crippen molar-refractivity contribution in [2.45, 2.75) is 39.3 Å². The summed E-state index contributed by atoms with van der Waals surface area (Å²) in [6.07, 6.45) is 4.42. The molecule has 0 aliphatic carbocycles. The first kappa shape index (κ1) is 22.8. The Labute approximate surface area is 184 Å². The molecule has 0 aromatic carbocycles. The maximum atomic E-state index is 13.1. The number of carbonyl (C=O) groups is 1. The summed E-state index contributed by atoms with van der Waals surface area (Å²) in [6.45, 7) is 6.14. The summed E-state index contributed by atoms with van der Waals surface area (Å²) in [7, 11) is 0. The number of amidine groups is 1. The number of carbonyl (C=O) groups excluding carboxylic acids is 1. The largest absolute Gasteiger partial charge is 0.402 e. The van der Waals surface area contributed by atoms with Gasteiger partial charge in [0.2, 0.25) is 17.8 Å². The first-order valence-electron chi connectivity index (χ1n) is 9.99. The van der Waals surface area contributed by atoms with Gasteiger partial charge in [-0.05, 0) is 26.3 Å². The van der Waals surface area contributed by atoms with Crippen LogP contribution in [0.2, 0.25) is 0 Å². The molecule has 0 saturated carbocycles. The van der Waals surface area contributed by atoms with Crippen molar-refractivity contribution in [2.75, 3.05) is 23.3 Å². The number of anilines is 2. The van der Waals surface area contributed by atoms with Crippen molar-refractivity contribution in [3.05, 3.63) is 35.8 Å². The molecule has 2 atom stereocenters. The number of hydrogen-bond acceptors (Lipinski definition) is 10. The van der Waals surface area contributed by atoms with Gasteiger partial charge in [0.15, 0.2) is 5.82 Å². The molecule has 13 heteroatoms. The molecule has 2 aromatic heterocycles. The number of nitrogens with one attached hydrogen (secondary N) is 2. The fraction of sp³-hybridized carbons (Fsp3) is 0.421. The number of hydrogen-bond donors (Lipinski definition) is 4. The zero-order valence-electron chi connectivity index (χ0n) is 18.1. The van der Waals surface area contributed by atoms with Crippen LogP contribution < -0.4 is 27.0 Å². The SMILES string of the molecule is CC(=O)NC1CCN(c2nc(/N=C(N)\C=C(\C)N)nc(NC(C)c3ncc(F)cn3)n2)C1. The van der Waals surface area contributed by atoms with Gasteiger partial charge in [-0.15, -0.1) is 0 Å². The molecule has 1 aliphatic rings. The van der Waals surface area contributed by atoms with Gasteiger partial charge in [-0.3, -0.25) is 4.79 Å². The van der Waals surface area contributed by atoms with E-state index in [9.17, 15) is 9.18 Å². The molecule has 3 heterocycles. The van der Waals surface area contributed by atoms with Crippen LogP contribution in [0.3, 0.4) is 0 Å². The minimum Gasteiger partial charge on any atom is -0.402 e. The maximum Gasteiger partial charge on any atom is 0.257 e. The minimum atomic E-state index is -0.526. The van der Waals surface area contributed by atoms with Gasteiger partial charge in [0, 0.05) is 31.8 Å². The molecule has 6 N–H and O–H groups in total. The van der Waals surface area contributed by atoms with E-state index in [0.717, 1.165) is 18.8 Å². The molecular formula is C19H26FN11O. The van der Waals surface area contributed by atoms with E-state index in [1.165, 1.54) is 13.0 Å². The van der Waals surface area contributed by atoms with Gasteiger partial charge in [0.05, 0.1) is 18.4 Å². The van der Waals surface area contributed by atoms with Gasteiger partial charge in [0.25, 0.3) is 5.95 Å². The highest BCUT2D eigenvalue weighted by molar-refractivity contribution is 5.93. The molecule has 1 saturated heterocycles. The van der Waals surface area contributed by atoms with Crippen molar-refractivity contribution in [3.63, 3.8) is 0 Å². The molecule has 1 amide bonds. The van der Waals surface area contributed by atoms with Crippen LogP contribution in [0, 0.1) is 5.82 Å². The molecule has 170 valence electrons. The topological polar surface area (TPSA) is 173 Å². The quantitative estimate of drug-likeness (QED) is 0.349. The normalized spacial score (nSPS) is 17.9. The summed E-state index contributed by atoms with van der Waals surface area (Å²) in [5.41, 5.74) is 12.0. The third-order valence-electron chi connectivity index (χ3n) is 4.47. The van der Waals surface area contributed by atoms with Gasteiger partial charge in [-0.1, -0.05) is 0 Å². The van der Waals surface area contributed by atoms with E-state index in [2.05, 4.69) is 40.5 Å². The van der Waals surface area contributed by atoms with Crippen LogP contribution in [-0.4, -0.2) is 55.8 Å². The fourth-order valence-electron chi connectivity index (χ4n) is 3.14. The zero-order chi connectivity index (χ0) is 23.3. The molecule has 32 heavy (non-hydrogen) atoms. The summed E-state index contributed by atoms with van der Waals surface area (Å²) in [5, 5.41) is 5.98. The smallest absolute Gasteiger partial charge is 0.257 e. The maximum absolute atomic E-state index is 13.1. The van der Waals surface area contributed by atoms with Gasteiger partial charge in [-0.25, -0.2) is 14.4 Å². The van der Waals surface area contributed by atoms with E-state index >= 15 is 0 Å². The van der Waals surface area contributed by atoms with Crippen LogP contribution in [0.25, 0.3) is 0 Å². The highest BCUT2D eigenvalue weighted by Gasteiger charge is 2.26. The highest BCUT2D eigenvalue weighted by Crippen LogP contribution is 2.22. The number of nitrogens with zero attached hydrogens (tertiary/aromatic N) is 7. The Morgan fingerprint density at radius 1 is 1.28 bits per heavy atom. The second-order valence-electron chi connectivity index (χ2n) is 7.44. The Hall–Kier alpha value is -3.90. The van der Waals surface area contributed by atoms with Gasteiger partial charge >= 0.3 is 0 Å². The van der Waals surface area contributed by atoms with Gasteiger partial charge in [0.1, 0.15) is 11.7 Å². The predicted molar refractivity (Wildman–Crippen MR) is 118 cm³/mol. The number of nitrogens with two attached hydrogens (primary N) is 2. The summed E-state index contributed by atoms with van der Waals surface area (Å²) < 4.78 is 13.1. The third-order valence-corrected chi connectivity index (χ3v) is 4.47. The molecule has 2 unspecified atom stereocenters. The van der Waals surface area contributed by atoms with Crippen molar-refractivity contribution in [1.82, 2.24) is 30.2 Å². The highest BCUT2D eigenvalue weighted by atomic mass is 19.1. The van der Waals surface area contributed by atoms with E-state index in [0.29, 0.717) is 30.6 Å².